The Hall–Kier alpha value is -2.17. The minimum Gasteiger partial charge on any atom is -0.335 e. The fourth-order valence-corrected chi connectivity index (χ4v) is 2.39. The zero-order valence-corrected chi connectivity index (χ0v) is 10.3. The number of para-hydroxylation sites is 1. The number of hydrogen-bond donors (Lipinski definition) is 1. The lowest BCUT2D eigenvalue weighted by molar-refractivity contribution is -0.120. The minimum absolute atomic E-state index is 0.121. The van der Waals surface area contributed by atoms with Crippen LogP contribution in [0, 0.1) is 11.7 Å². The summed E-state index contributed by atoms with van der Waals surface area (Å²) >= 11 is 0. The monoisotopic (exact) mass is 259 g/mol. The van der Waals surface area contributed by atoms with Crippen molar-refractivity contribution in [3.63, 3.8) is 0 Å². The first-order chi connectivity index (χ1) is 9.24. The molecule has 1 amide bonds. The van der Waals surface area contributed by atoms with Crippen LogP contribution in [0.3, 0.4) is 0 Å². The summed E-state index contributed by atoms with van der Waals surface area (Å²) in [6.45, 7) is 0.782. The quantitative estimate of drug-likeness (QED) is 0.899. The van der Waals surface area contributed by atoms with E-state index in [-0.39, 0.29) is 17.5 Å². The molecule has 1 aliphatic heterocycles. The standard InChI is InChI=1S/C14H14FN3O/c15-12-3-1-2-4-13(12)17-14(19)10-5-6-18-9-16-8-11(18)7-10/h1-4,8-10H,5-7H2,(H,17,19). The maximum absolute atomic E-state index is 13.5. The summed E-state index contributed by atoms with van der Waals surface area (Å²) in [5.41, 5.74) is 1.30. The Bertz CT molecular complexity index is 608. The number of fused-ring (bicyclic) bond motifs is 1. The summed E-state index contributed by atoms with van der Waals surface area (Å²) in [6.07, 6.45) is 4.97. The molecule has 0 fully saturated rings. The normalized spacial score (nSPS) is 17.8. The largest absolute Gasteiger partial charge is 0.335 e. The number of amides is 1. The third kappa shape index (κ3) is 2.36. The molecule has 1 aromatic heterocycles. The number of imidazole rings is 1. The van der Waals surface area contributed by atoms with E-state index in [1.165, 1.54) is 6.07 Å². The van der Waals surface area contributed by atoms with E-state index in [9.17, 15) is 9.18 Å². The Morgan fingerprint density at radius 2 is 2.26 bits per heavy atom. The molecule has 0 saturated carbocycles. The SMILES string of the molecule is O=C(Nc1ccccc1F)C1CCn2cncc2C1. The van der Waals surface area contributed by atoms with Crippen molar-refractivity contribution in [1.29, 1.82) is 0 Å². The second kappa shape index (κ2) is 4.84. The van der Waals surface area contributed by atoms with E-state index >= 15 is 0 Å². The van der Waals surface area contributed by atoms with Crippen LogP contribution in [0.5, 0.6) is 0 Å². The number of rotatable bonds is 2. The van der Waals surface area contributed by atoms with Crippen molar-refractivity contribution in [3.8, 4) is 0 Å². The molecule has 0 radical (unpaired) electrons. The predicted molar refractivity (Wildman–Crippen MR) is 69.1 cm³/mol. The molecule has 5 heteroatoms. The summed E-state index contributed by atoms with van der Waals surface area (Å²) in [5.74, 6) is -0.655. The van der Waals surface area contributed by atoms with Gasteiger partial charge in [0.2, 0.25) is 5.91 Å². The Balaban J connectivity index is 1.71. The van der Waals surface area contributed by atoms with Crippen LogP contribution in [0.1, 0.15) is 12.1 Å². The average molecular weight is 259 g/mol. The second-order valence-electron chi connectivity index (χ2n) is 4.74. The van der Waals surface area contributed by atoms with Gasteiger partial charge in [0.05, 0.1) is 12.0 Å². The third-order valence-electron chi connectivity index (χ3n) is 3.48. The van der Waals surface area contributed by atoms with Crippen LogP contribution in [0.15, 0.2) is 36.8 Å². The van der Waals surface area contributed by atoms with E-state index in [2.05, 4.69) is 10.3 Å². The number of hydrogen-bond acceptors (Lipinski definition) is 2. The van der Waals surface area contributed by atoms with Crippen LogP contribution in [0.2, 0.25) is 0 Å². The number of carbonyl (C=O) groups excluding carboxylic acids is 1. The van der Waals surface area contributed by atoms with Crippen molar-refractivity contribution < 1.29 is 9.18 Å². The Labute approximate surface area is 110 Å². The van der Waals surface area contributed by atoms with Crippen molar-refractivity contribution >= 4 is 11.6 Å². The fraction of sp³-hybridized carbons (Fsp3) is 0.286. The lowest BCUT2D eigenvalue weighted by Gasteiger charge is -2.23. The van der Waals surface area contributed by atoms with Gasteiger partial charge in [-0.15, -0.1) is 0 Å². The molecule has 2 heterocycles. The summed E-state index contributed by atoms with van der Waals surface area (Å²) in [6, 6.07) is 6.21. The van der Waals surface area contributed by atoms with Gasteiger partial charge in [-0.2, -0.15) is 0 Å². The van der Waals surface area contributed by atoms with Crippen LogP contribution in [0.4, 0.5) is 10.1 Å². The van der Waals surface area contributed by atoms with Crippen molar-refractivity contribution in [1.82, 2.24) is 9.55 Å². The Morgan fingerprint density at radius 3 is 3.11 bits per heavy atom. The highest BCUT2D eigenvalue weighted by molar-refractivity contribution is 5.92. The van der Waals surface area contributed by atoms with Gasteiger partial charge in [-0.05, 0) is 18.6 Å². The lowest BCUT2D eigenvalue weighted by atomic mass is 9.95. The Morgan fingerprint density at radius 1 is 1.42 bits per heavy atom. The molecule has 0 spiro atoms. The maximum atomic E-state index is 13.5. The van der Waals surface area contributed by atoms with Gasteiger partial charge in [0, 0.05) is 30.8 Å². The molecule has 19 heavy (non-hydrogen) atoms. The van der Waals surface area contributed by atoms with Gasteiger partial charge >= 0.3 is 0 Å². The molecule has 2 aromatic rings. The molecule has 1 aliphatic rings. The molecule has 0 aliphatic carbocycles. The van der Waals surface area contributed by atoms with Crippen LogP contribution in [-0.2, 0) is 17.8 Å². The molecule has 4 nitrogen and oxygen atoms in total. The zero-order chi connectivity index (χ0) is 13.2. The number of nitrogens with zero attached hydrogens (tertiary/aromatic N) is 2. The molecule has 1 unspecified atom stereocenters. The molecule has 1 aromatic carbocycles. The van der Waals surface area contributed by atoms with E-state index in [0.29, 0.717) is 6.42 Å². The first-order valence-corrected chi connectivity index (χ1v) is 6.28. The van der Waals surface area contributed by atoms with E-state index in [1.54, 1.807) is 30.7 Å². The van der Waals surface area contributed by atoms with Gasteiger partial charge in [-0.25, -0.2) is 9.37 Å². The molecular formula is C14H14FN3O. The lowest BCUT2D eigenvalue weighted by Crippen LogP contribution is -2.30. The summed E-state index contributed by atoms with van der Waals surface area (Å²) in [4.78, 5) is 16.2. The molecule has 0 bridgehead atoms. The number of aromatic nitrogens is 2. The number of nitrogens with one attached hydrogen (secondary N) is 1. The Kier molecular flexibility index (Phi) is 3.03. The number of carbonyl (C=O) groups is 1. The van der Waals surface area contributed by atoms with Gasteiger partial charge in [-0.1, -0.05) is 12.1 Å². The van der Waals surface area contributed by atoms with Crippen molar-refractivity contribution in [2.75, 3.05) is 5.32 Å². The molecule has 0 saturated heterocycles. The summed E-state index contributed by atoms with van der Waals surface area (Å²) < 4.78 is 15.5. The molecule has 1 N–H and O–H groups in total. The van der Waals surface area contributed by atoms with E-state index < -0.39 is 5.82 Å². The van der Waals surface area contributed by atoms with Gasteiger partial charge in [0.1, 0.15) is 5.82 Å². The van der Waals surface area contributed by atoms with Gasteiger partial charge in [0.15, 0.2) is 0 Å². The molecular weight excluding hydrogens is 245 g/mol. The van der Waals surface area contributed by atoms with Gasteiger partial charge in [-0.3, -0.25) is 4.79 Å². The molecule has 98 valence electrons. The highest BCUT2D eigenvalue weighted by atomic mass is 19.1. The summed E-state index contributed by atoms with van der Waals surface area (Å²) in [5, 5.41) is 2.66. The smallest absolute Gasteiger partial charge is 0.228 e. The van der Waals surface area contributed by atoms with Gasteiger partial charge in [0.25, 0.3) is 0 Å². The van der Waals surface area contributed by atoms with Crippen LogP contribution in [0.25, 0.3) is 0 Å². The zero-order valence-electron chi connectivity index (χ0n) is 10.3. The first-order valence-electron chi connectivity index (χ1n) is 6.28. The number of anilines is 1. The number of halogens is 1. The maximum Gasteiger partial charge on any atom is 0.228 e. The van der Waals surface area contributed by atoms with Crippen molar-refractivity contribution in [3.05, 3.63) is 48.3 Å². The topological polar surface area (TPSA) is 46.9 Å². The van der Waals surface area contributed by atoms with Gasteiger partial charge < -0.3 is 9.88 Å². The average Bonchev–Trinajstić information content (AvgIpc) is 2.88. The predicted octanol–water partition coefficient (Wildman–Crippen LogP) is 2.22. The fourth-order valence-electron chi connectivity index (χ4n) is 2.39. The van der Waals surface area contributed by atoms with Crippen LogP contribution in [-0.4, -0.2) is 15.5 Å². The molecule has 1 atom stereocenters. The van der Waals surface area contributed by atoms with E-state index in [1.807, 2.05) is 4.57 Å². The van der Waals surface area contributed by atoms with Crippen LogP contribution >= 0.6 is 0 Å². The summed E-state index contributed by atoms with van der Waals surface area (Å²) in [7, 11) is 0. The first kappa shape index (κ1) is 11.9. The van der Waals surface area contributed by atoms with Crippen LogP contribution < -0.4 is 5.32 Å². The van der Waals surface area contributed by atoms with E-state index in [4.69, 9.17) is 0 Å². The highest BCUT2D eigenvalue weighted by Gasteiger charge is 2.25. The second-order valence-corrected chi connectivity index (χ2v) is 4.74. The third-order valence-corrected chi connectivity index (χ3v) is 3.48. The highest BCUT2D eigenvalue weighted by Crippen LogP contribution is 2.22. The number of aryl methyl sites for hydroxylation is 1. The van der Waals surface area contributed by atoms with E-state index in [0.717, 1.165) is 18.7 Å². The molecule has 3 rings (SSSR count). The number of benzene rings is 1. The van der Waals surface area contributed by atoms with Crippen molar-refractivity contribution in [2.24, 2.45) is 5.92 Å². The minimum atomic E-state index is -0.406. The van der Waals surface area contributed by atoms with Crippen molar-refractivity contribution in [2.45, 2.75) is 19.4 Å².